The Morgan fingerprint density at radius 2 is 0.606 bits per heavy atom. The van der Waals surface area contributed by atoms with E-state index in [1.54, 1.807) is 0 Å². The fraction of sp³-hybridized carbons (Fsp3) is 0.750. The van der Waals surface area contributed by atoms with Crippen LogP contribution in [0.2, 0.25) is 0 Å². The first-order chi connectivity index (χ1) is 32.5. The molecule has 1 unspecified atom stereocenters. The van der Waals surface area contributed by atoms with Gasteiger partial charge in [0.2, 0.25) is 0 Å². The van der Waals surface area contributed by atoms with Crippen molar-refractivity contribution in [3.05, 3.63) is 72.9 Å². The highest BCUT2D eigenvalue weighted by Crippen LogP contribution is 2.16. The highest BCUT2D eigenvalue weighted by Gasteiger charge is 2.19. The summed E-state index contributed by atoms with van der Waals surface area (Å²) >= 11 is 0. The summed E-state index contributed by atoms with van der Waals surface area (Å²) in [5.41, 5.74) is 0. The molecule has 0 bridgehead atoms. The lowest BCUT2D eigenvalue weighted by molar-refractivity contribution is -0.167. The molecule has 0 heterocycles. The largest absolute Gasteiger partial charge is 0.462 e. The molecule has 0 fully saturated rings. The molecule has 0 N–H and O–H groups in total. The molecule has 380 valence electrons. The summed E-state index contributed by atoms with van der Waals surface area (Å²) in [6, 6.07) is 0. The van der Waals surface area contributed by atoms with Crippen molar-refractivity contribution in [1.29, 1.82) is 0 Å². The van der Waals surface area contributed by atoms with Crippen LogP contribution in [0.25, 0.3) is 0 Å². The number of carbonyl (C=O) groups is 3. The molecule has 0 saturated heterocycles. The topological polar surface area (TPSA) is 78.9 Å². The van der Waals surface area contributed by atoms with Gasteiger partial charge in [0.25, 0.3) is 0 Å². The normalized spacial score (nSPS) is 12.6. The SMILES string of the molecule is CC/C=C\C/C=C\C/C=C\C/C=C\C/C=C\CCCCCCCC(=O)OCC(COC(=O)CCCCCCC/C=C\CCCC)OC(=O)CCCCCCCCCCCCCCCCCC. The number of unbranched alkanes of at least 4 members (excludes halogenated alkanes) is 27. The van der Waals surface area contributed by atoms with Gasteiger partial charge in [-0.2, -0.15) is 0 Å². The van der Waals surface area contributed by atoms with Gasteiger partial charge in [0, 0.05) is 19.3 Å². The number of ether oxygens (including phenoxy) is 3. The van der Waals surface area contributed by atoms with Gasteiger partial charge >= 0.3 is 17.9 Å². The van der Waals surface area contributed by atoms with Crippen LogP contribution in [0.3, 0.4) is 0 Å². The average molecular weight is 921 g/mol. The number of allylic oxidation sites excluding steroid dienone is 12. The van der Waals surface area contributed by atoms with Crippen LogP contribution in [0.1, 0.15) is 271 Å². The second kappa shape index (κ2) is 54.5. The van der Waals surface area contributed by atoms with Crippen LogP contribution in [0.4, 0.5) is 0 Å². The van der Waals surface area contributed by atoms with Gasteiger partial charge in [-0.25, -0.2) is 0 Å². The molecule has 0 rings (SSSR count). The number of carbonyl (C=O) groups excluding carboxylic acids is 3. The summed E-state index contributed by atoms with van der Waals surface area (Å²) in [7, 11) is 0. The quantitative estimate of drug-likeness (QED) is 0.0262. The van der Waals surface area contributed by atoms with E-state index in [2.05, 4.69) is 93.7 Å². The summed E-state index contributed by atoms with van der Waals surface area (Å²) in [5.74, 6) is -0.905. The van der Waals surface area contributed by atoms with E-state index < -0.39 is 6.10 Å². The van der Waals surface area contributed by atoms with Crippen LogP contribution >= 0.6 is 0 Å². The molecule has 0 amide bonds. The zero-order chi connectivity index (χ0) is 47.9. The molecular formula is C60H104O6. The molecule has 6 heteroatoms. The highest BCUT2D eigenvalue weighted by molar-refractivity contribution is 5.71. The minimum atomic E-state index is -0.784. The Kier molecular flexibility index (Phi) is 51.9. The fourth-order valence-electron chi connectivity index (χ4n) is 7.74. The first-order valence-corrected chi connectivity index (χ1v) is 27.9. The van der Waals surface area contributed by atoms with E-state index >= 15 is 0 Å². The van der Waals surface area contributed by atoms with Crippen molar-refractivity contribution in [2.24, 2.45) is 0 Å². The van der Waals surface area contributed by atoms with Crippen molar-refractivity contribution < 1.29 is 28.6 Å². The summed E-state index contributed by atoms with van der Waals surface area (Å²) in [6.07, 6.45) is 68.9. The van der Waals surface area contributed by atoms with E-state index in [0.29, 0.717) is 19.3 Å². The van der Waals surface area contributed by atoms with E-state index in [1.165, 1.54) is 116 Å². The number of hydrogen-bond acceptors (Lipinski definition) is 6. The summed E-state index contributed by atoms with van der Waals surface area (Å²) in [4.78, 5) is 38.1. The van der Waals surface area contributed by atoms with Crippen LogP contribution in [0.5, 0.6) is 0 Å². The smallest absolute Gasteiger partial charge is 0.306 e. The van der Waals surface area contributed by atoms with Crippen LogP contribution in [0, 0.1) is 0 Å². The van der Waals surface area contributed by atoms with Crippen molar-refractivity contribution in [3.63, 3.8) is 0 Å². The van der Waals surface area contributed by atoms with Gasteiger partial charge in [-0.15, -0.1) is 0 Å². The van der Waals surface area contributed by atoms with Crippen LogP contribution in [-0.2, 0) is 28.6 Å². The van der Waals surface area contributed by atoms with Gasteiger partial charge < -0.3 is 14.2 Å². The van der Waals surface area contributed by atoms with Crippen molar-refractivity contribution in [2.75, 3.05) is 13.2 Å². The zero-order valence-corrected chi connectivity index (χ0v) is 43.4. The summed E-state index contributed by atoms with van der Waals surface area (Å²) in [6.45, 7) is 6.48. The second-order valence-electron chi connectivity index (χ2n) is 18.5. The summed E-state index contributed by atoms with van der Waals surface area (Å²) < 4.78 is 16.8. The van der Waals surface area contributed by atoms with Gasteiger partial charge in [-0.3, -0.25) is 14.4 Å². The molecule has 0 aromatic carbocycles. The van der Waals surface area contributed by atoms with Gasteiger partial charge in [-0.05, 0) is 83.5 Å². The maximum Gasteiger partial charge on any atom is 0.306 e. The lowest BCUT2D eigenvalue weighted by atomic mass is 10.0. The molecule has 0 saturated carbocycles. The molecule has 66 heavy (non-hydrogen) atoms. The molecule has 0 spiro atoms. The van der Waals surface area contributed by atoms with Crippen molar-refractivity contribution in [3.8, 4) is 0 Å². The molecule has 0 aromatic heterocycles. The standard InChI is InChI=1S/C60H104O6/c1-4-7-10-13-16-19-22-24-26-28-29-30-31-32-34-35-38-41-44-47-50-53-59(62)65-56-57(55-64-58(61)52-49-46-43-40-37-21-18-15-12-9-6-3)66-60(63)54-51-48-45-42-39-36-33-27-25-23-20-17-14-11-8-5-2/h7,10,15-16,18-19,24,26,29-30,32,34,57H,4-6,8-9,11-14,17,20-23,25,27-28,31,33,35-56H2,1-3H3/b10-7-,18-15-,19-16-,26-24-,30-29-,34-32-. The van der Waals surface area contributed by atoms with Crippen LogP contribution < -0.4 is 0 Å². The van der Waals surface area contributed by atoms with Gasteiger partial charge in [0.05, 0.1) is 0 Å². The zero-order valence-electron chi connectivity index (χ0n) is 43.4. The minimum absolute atomic E-state index is 0.0843. The van der Waals surface area contributed by atoms with Crippen molar-refractivity contribution >= 4 is 17.9 Å². The van der Waals surface area contributed by atoms with Gasteiger partial charge in [0.1, 0.15) is 13.2 Å². The summed E-state index contributed by atoms with van der Waals surface area (Å²) in [5, 5.41) is 0. The molecule has 0 aliphatic heterocycles. The Labute approximate surface area is 408 Å². The molecule has 0 aliphatic rings. The lowest BCUT2D eigenvalue weighted by Gasteiger charge is -2.18. The van der Waals surface area contributed by atoms with Crippen molar-refractivity contribution in [1.82, 2.24) is 0 Å². The van der Waals surface area contributed by atoms with E-state index in [4.69, 9.17) is 14.2 Å². The monoisotopic (exact) mass is 921 g/mol. The Hall–Kier alpha value is -3.15. The first kappa shape index (κ1) is 62.8. The first-order valence-electron chi connectivity index (χ1n) is 27.9. The van der Waals surface area contributed by atoms with Crippen molar-refractivity contribution in [2.45, 2.75) is 277 Å². The van der Waals surface area contributed by atoms with Crippen LogP contribution in [-0.4, -0.2) is 37.2 Å². The van der Waals surface area contributed by atoms with E-state index in [1.807, 2.05) is 0 Å². The molecule has 0 aliphatic carbocycles. The molecule has 1 atom stereocenters. The predicted octanol–water partition coefficient (Wildman–Crippen LogP) is 18.6. The van der Waals surface area contributed by atoms with E-state index in [9.17, 15) is 14.4 Å². The van der Waals surface area contributed by atoms with Gasteiger partial charge in [0.15, 0.2) is 6.10 Å². The predicted molar refractivity (Wildman–Crippen MR) is 284 cm³/mol. The van der Waals surface area contributed by atoms with E-state index in [0.717, 1.165) is 116 Å². The Bertz CT molecular complexity index is 1240. The second-order valence-corrected chi connectivity index (χ2v) is 18.5. The lowest BCUT2D eigenvalue weighted by Crippen LogP contribution is -2.30. The molecule has 0 aromatic rings. The third-order valence-electron chi connectivity index (χ3n) is 11.9. The third kappa shape index (κ3) is 51.8. The fourth-order valence-corrected chi connectivity index (χ4v) is 7.74. The Balaban J connectivity index is 4.36. The molecule has 6 nitrogen and oxygen atoms in total. The number of esters is 3. The van der Waals surface area contributed by atoms with Gasteiger partial charge in [-0.1, -0.05) is 241 Å². The molecule has 0 radical (unpaired) electrons. The third-order valence-corrected chi connectivity index (χ3v) is 11.9. The average Bonchev–Trinajstić information content (AvgIpc) is 3.31. The maximum absolute atomic E-state index is 12.8. The Morgan fingerprint density at radius 3 is 0.985 bits per heavy atom. The molecular weight excluding hydrogens is 817 g/mol. The minimum Gasteiger partial charge on any atom is -0.462 e. The Morgan fingerprint density at radius 1 is 0.318 bits per heavy atom. The maximum atomic E-state index is 12.8. The number of rotatable bonds is 50. The highest BCUT2D eigenvalue weighted by atomic mass is 16.6. The van der Waals surface area contributed by atoms with Crippen LogP contribution in [0.15, 0.2) is 72.9 Å². The number of hydrogen-bond donors (Lipinski definition) is 0. The van der Waals surface area contributed by atoms with E-state index in [-0.39, 0.29) is 31.1 Å².